The normalized spacial score (nSPS) is 16.6. The van der Waals surface area contributed by atoms with Crippen molar-refractivity contribution in [2.75, 3.05) is 0 Å². The van der Waals surface area contributed by atoms with Crippen LogP contribution < -0.4 is 0 Å². The molecule has 0 atom stereocenters. The average molecular weight is 250 g/mol. The molecule has 0 aliphatic heterocycles. The Hall–Kier alpha value is -2.21. The molecule has 3 heteroatoms. The molecule has 94 valence electrons. The molecule has 1 saturated carbocycles. The van der Waals surface area contributed by atoms with E-state index in [0.717, 1.165) is 35.7 Å². The summed E-state index contributed by atoms with van der Waals surface area (Å²) in [6.45, 7) is 0. The van der Waals surface area contributed by atoms with Crippen molar-refractivity contribution in [2.24, 2.45) is 0 Å². The van der Waals surface area contributed by atoms with Crippen LogP contribution in [0.2, 0.25) is 0 Å². The van der Waals surface area contributed by atoms with E-state index in [1.165, 1.54) is 0 Å². The smallest absolute Gasteiger partial charge is 0.157 e. The highest BCUT2D eigenvalue weighted by Crippen LogP contribution is 2.45. The molecule has 0 radical (unpaired) electrons. The van der Waals surface area contributed by atoms with Gasteiger partial charge in [0, 0.05) is 11.6 Å². The maximum absolute atomic E-state index is 12.2. The molecule has 0 unspecified atom stereocenters. The zero-order valence-corrected chi connectivity index (χ0v) is 10.6. The third kappa shape index (κ3) is 1.80. The number of rotatable bonds is 3. The molecule has 0 bridgehead atoms. The molecule has 1 aliphatic carbocycles. The van der Waals surface area contributed by atoms with Crippen molar-refractivity contribution in [1.82, 2.24) is 4.98 Å². The SMILES string of the molecule is N#CCC(=O)C1(c2ccc3ncccc3c2)CCC1. The van der Waals surface area contributed by atoms with Crippen molar-refractivity contribution in [2.45, 2.75) is 31.1 Å². The Morgan fingerprint density at radius 2 is 2.21 bits per heavy atom. The van der Waals surface area contributed by atoms with E-state index < -0.39 is 5.41 Å². The van der Waals surface area contributed by atoms with Crippen LogP contribution in [0.3, 0.4) is 0 Å². The molecular formula is C16H14N2O. The van der Waals surface area contributed by atoms with Gasteiger partial charge in [0.05, 0.1) is 23.4 Å². The lowest BCUT2D eigenvalue weighted by atomic mass is 9.61. The fourth-order valence-corrected chi connectivity index (χ4v) is 2.87. The van der Waals surface area contributed by atoms with Crippen molar-refractivity contribution < 1.29 is 4.79 Å². The van der Waals surface area contributed by atoms with Crippen LogP contribution >= 0.6 is 0 Å². The molecule has 1 aromatic carbocycles. The van der Waals surface area contributed by atoms with Gasteiger partial charge in [-0.15, -0.1) is 0 Å². The molecular weight excluding hydrogens is 236 g/mol. The lowest BCUT2D eigenvalue weighted by molar-refractivity contribution is -0.126. The van der Waals surface area contributed by atoms with E-state index >= 15 is 0 Å². The number of aromatic nitrogens is 1. The van der Waals surface area contributed by atoms with Gasteiger partial charge < -0.3 is 0 Å². The summed E-state index contributed by atoms with van der Waals surface area (Å²) >= 11 is 0. The van der Waals surface area contributed by atoms with Gasteiger partial charge in [0.25, 0.3) is 0 Å². The topological polar surface area (TPSA) is 53.8 Å². The summed E-state index contributed by atoms with van der Waals surface area (Å²) in [5.74, 6) is 0.0597. The van der Waals surface area contributed by atoms with Crippen LogP contribution in [0.15, 0.2) is 36.5 Å². The lowest BCUT2D eigenvalue weighted by Gasteiger charge is -2.40. The molecule has 0 saturated heterocycles. The Labute approximate surface area is 111 Å². The molecule has 3 rings (SSSR count). The monoisotopic (exact) mass is 250 g/mol. The van der Waals surface area contributed by atoms with Gasteiger partial charge in [-0.3, -0.25) is 9.78 Å². The second kappa shape index (κ2) is 4.47. The first-order valence-electron chi connectivity index (χ1n) is 6.52. The number of carbonyl (C=O) groups is 1. The zero-order chi connectivity index (χ0) is 13.3. The summed E-state index contributed by atoms with van der Waals surface area (Å²) in [4.78, 5) is 16.5. The second-order valence-corrected chi connectivity index (χ2v) is 5.10. The summed E-state index contributed by atoms with van der Waals surface area (Å²) in [6, 6.07) is 11.9. The standard InChI is InChI=1S/C16H14N2O/c17-9-6-15(19)16(7-2-8-16)13-4-5-14-12(11-13)3-1-10-18-14/h1,3-5,10-11H,2,6-8H2. The minimum absolute atomic E-state index is 0.00504. The van der Waals surface area contributed by atoms with Crippen LogP contribution in [-0.2, 0) is 10.2 Å². The van der Waals surface area contributed by atoms with Crippen molar-refractivity contribution in [3.05, 3.63) is 42.1 Å². The molecule has 3 nitrogen and oxygen atoms in total. The molecule has 1 fully saturated rings. The Morgan fingerprint density at radius 1 is 1.37 bits per heavy atom. The van der Waals surface area contributed by atoms with Gasteiger partial charge in [0.1, 0.15) is 0 Å². The highest BCUT2D eigenvalue weighted by molar-refractivity contribution is 5.93. The van der Waals surface area contributed by atoms with Gasteiger partial charge in [-0.05, 0) is 36.6 Å². The number of hydrogen-bond donors (Lipinski definition) is 0. The first kappa shape index (κ1) is 11.9. The first-order valence-corrected chi connectivity index (χ1v) is 6.52. The number of Topliss-reactive ketones (excluding diaryl/α,β-unsaturated/α-hetero) is 1. The highest BCUT2D eigenvalue weighted by atomic mass is 16.1. The Balaban J connectivity index is 2.07. The van der Waals surface area contributed by atoms with E-state index in [2.05, 4.69) is 11.1 Å². The van der Waals surface area contributed by atoms with E-state index in [4.69, 9.17) is 5.26 Å². The molecule has 0 amide bonds. The number of pyridine rings is 1. The fourth-order valence-electron chi connectivity index (χ4n) is 2.87. The van der Waals surface area contributed by atoms with Crippen LogP contribution in [0, 0.1) is 11.3 Å². The maximum atomic E-state index is 12.2. The van der Waals surface area contributed by atoms with E-state index in [1.807, 2.05) is 30.3 Å². The van der Waals surface area contributed by atoms with Gasteiger partial charge in [-0.1, -0.05) is 18.6 Å². The van der Waals surface area contributed by atoms with Crippen LogP contribution in [0.4, 0.5) is 0 Å². The Morgan fingerprint density at radius 3 is 2.89 bits per heavy atom. The van der Waals surface area contributed by atoms with Crippen molar-refractivity contribution >= 4 is 16.7 Å². The van der Waals surface area contributed by atoms with Crippen LogP contribution in [-0.4, -0.2) is 10.8 Å². The van der Waals surface area contributed by atoms with Crippen molar-refractivity contribution in [1.29, 1.82) is 5.26 Å². The molecule has 2 aromatic rings. The summed E-state index contributed by atoms with van der Waals surface area (Å²) in [7, 11) is 0. The first-order chi connectivity index (χ1) is 9.26. The number of ketones is 1. The molecule has 1 aromatic heterocycles. The summed E-state index contributed by atoms with van der Waals surface area (Å²) in [5, 5.41) is 9.81. The Bertz CT molecular complexity index is 680. The van der Waals surface area contributed by atoms with Crippen LogP contribution in [0.1, 0.15) is 31.2 Å². The van der Waals surface area contributed by atoms with Gasteiger partial charge in [0.2, 0.25) is 0 Å². The third-order valence-corrected chi connectivity index (χ3v) is 4.14. The quantitative estimate of drug-likeness (QED) is 0.840. The minimum Gasteiger partial charge on any atom is -0.298 e. The number of fused-ring (bicyclic) bond motifs is 1. The predicted molar refractivity (Wildman–Crippen MR) is 72.5 cm³/mol. The number of benzene rings is 1. The molecule has 0 spiro atoms. The number of carbonyl (C=O) groups excluding carboxylic acids is 1. The van der Waals surface area contributed by atoms with E-state index in [-0.39, 0.29) is 12.2 Å². The van der Waals surface area contributed by atoms with Crippen LogP contribution in [0.25, 0.3) is 10.9 Å². The predicted octanol–water partition coefficient (Wildman–Crippen LogP) is 3.14. The zero-order valence-electron chi connectivity index (χ0n) is 10.6. The molecule has 19 heavy (non-hydrogen) atoms. The Kier molecular flexibility index (Phi) is 2.79. The highest BCUT2D eigenvalue weighted by Gasteiger charge is 2.44. The second-order valence-electron chi connectivity index (χ2n) is 5.10. The summed E-state index contributed by atoms with van der Waals surface area (Å²) in [6.07, 6.45) is 4.55. The van der Waals surface area contributed by atoms with Crippen molar-refractivity contribution in [3.8, 4) is 6.07 Å². The van der Waals surface area contributed by atoms with E-state index in [1.54, 1.807) is 6.20 Å². The number of hydrogen-bond acceptors (Lipinski definition) is 3. The average Bonchev–Trinajstić information content (AvgIpc) is 2.38. The van der Waals surface area contributed by atoms with Gasteiger partial charge in [-0.2, -0.15) is 5.26 Å². The maximum Gasteiger partial charge on any atom is 0.157 e. The largest absolute Gasteiger partial charge is 0.298 e. The minimum atomic E-state index is -0.417. The fraction of sp³-hybridized carbons (Fsp3) is 0.312. The van der Waals surface area contributed by atoms with Gasteiger partial charge in [-0.25, -0.2) is 0 Å². The molecule has 0 N–H and O–H groups in total. The third-order valence-electron chi connectivity index (χ3n) is 4.14. The van der Waals surface area contributed by atoms with E-state index in [9.17, 15) is 4.79 Å². The molecule has 1 heterocycles. The molecule has 1 aliphatic rings. The number of nitriles is 1. The number of nitrogens with zero attached hydrogens (tertiary/aromatic N) is 2. The van der Waals surface area contributed by atoms with Crippen molar-refractivity contribution in [3.63, 3.8) is 0 Å². The summed E-state index contributed by atoms with van der Waals surface area (Å²) < 4.78 is 0. The summed E-state index contributed by atoms with van der Waals surface area (Å²) in [5.41, 5.74) is 1.56. The van der Waals surface area contributed by atoms with E-state index in [0.29, 0.717) is 0 Å². The van der Waals surface area contributed by atoms with Crippen LogP contribution in [0.5, 0.6) is 0 Å². The van der Waals surface area contributed by atoms with Gasteiger partial charge in [0.15, 0.2) is 5.78 Å². The lowest BCUT2D eigenvalue weighted by Crippen LogP contribution is -2.42. The van der Waals surface area contributed by atoms with Gasteiger partial charge >= 0.3 is 0 Å².